The summed E-state index contributed by atoms with van der Waals surface area (Å²) in [5.74, 6) is -0.296. The van der Waals surface area contributed by atoms with E-state index >= 15 is 0 Å². The highest BCUT2D eigenvalue weighted by Gasteiger charge is 2.18. The number of benzene rings is 1. The van der Waals surface area contributed by atoms with Gasteiger partial charge in [0.25, 0.3) is 0 Å². The van der Waals surface area contributed by atoms with Crippen LogP contribution in [0.5, 0.6) is 5.75 Å². The van der Waals surface area contributed by atoms with E-state index in [9.17, 15) is 9.59 Å². The van der Waals surface area contributed by atoms with Crippen LogP contribution in [0.3, 0.4) is 0 Å². The molecule has 0 radical (unpaired) electrons. The Morgan fingerprint density at radius 1 is 1.33 bits per heavy atom. The smallest absolute Gasteiger partial charge is 0.341 e. The second-order valence-corrected chi connectivity index (χ2v) is 5.24. The van der Waals surface area contributed by atoms with Gasteiger partial charge in [0.2, 0.25) is 0 Å². The van der Waals surface area contributed by atoms with Crippen LogP contribution in [0.4, 0.5) is 10.5 Å². The van der Waals surface area contributed by atoms with E-state index in [1.165, 1.54) is 0 Å². The van der Waals surface area contributed by atoms with Gasteiger partial charge in [0.1, 0.15) is 5.75 Å². The lowest BCUT2D eigenvalue weighted by Gasteiger charge is -2.28. The zero-order valence-corrected chi connectivity index (χ0v) is 12.8. The summed E-state index contributed by atoms with van der Waals surface area (Å²) in [5.41, 5.74) is 0.561. The molecule has 1 unspecified atom stereocenters. The third-order valence-corrected chi connectivity index (χ3v) is 3.34. The Bertz CT molecular complexity index is 502. The summed E-state index contributed by atoms with van der Waals surface area (Å²) >= 11 is 0. The molecule has 0 aliphatic rings. The zero-order chi connectivity index (χ0) is 16.0. The molecule has 0 saturated heterocycles. The molecule has 6 nitrogen and oxygen atoms in total. The second kappa shape index (κ2) is 7.52. The molecule has 0 heterocycles. The summed E-state index contributed by atoms with van der Waals surface area (Å²) < 4.78 is 5.07. The molecule has 0 saturated carbocycles. The minimum atomic E-state index is -1.05. The van der Waals surface area contributed by atoms with Gasteiger partial charge in [-0.3, -0.25) is 0 Å². The SMILES string of the molecule is CC(C)C(C)N(C)C(=O)Nc1cccc(OCC(=O)O)c1. The zero-order valence-electron chi connectivity index (χ0n) is 12.8. The second-order valence-electron chi connectivity index (χ2n) is 5.24. The molecule has 0 aromatic heterocycles. The number of hydrogen-bond acceptors (Lipinski definition) is 3. The number of nitrogens with one attached hydrogen (secondary N) is 1. The normalized spacial score (nSPS) is 11.9. The molecule has 1 aromatic rings. The molecular formula is C15H22N2O4. The highest BCUT2D eigenvalue weighted by molar-refractivity contribution is 5.89. The lowest BCUT2D eigenvalue weighted by molar-refractivity contribution is -0.139. The van der Waals surface area contributed by atoms with Crippen LogP contribution >= 0.6 is 0 Å². The van der Waals surface area contributed by atoms with Gasteiger partial charge in [-0.05, 0) is 25.0 Å². The molecule has 116 valence electrons. The van der Waals surface area contributed by atoms with Crippen molar-refractivity contribution in [3.05, 3.63) is 24.3 Å². The lowest BCUT2D eigenvalue weighted by atomic mass is 10.1. The molecule has 0 aliphatic carbocycles. The number of anilines is 1. The lowest BCUT2D eigenvalue weighted by Crippen LogP contribution is -2.40. The first-order chi connectivity index (χ1) is 9.81. The van der Waals surface area contributed by atoms with Crippen LogP contribution in [0.1, 0.15) is 20.8 Å². The van der Waals surface area contributed by atoms with Crippen molar-refractivity contribution < 1.29 is 19.4 Å². The maximum absolute atomic E-state index is 12.1. The number of carbonyl (C=O) groups excluding carboxylic acids is 1. The fourth-order valence-corrected chi connectivity index (χ4v) is 1.65. The Kier molecular flexibility index (Phi) is 6.02. The highest BCUT2D eigenvalue weighted by Crippen LogP contribution is 2.18. The predicted molar refractivity (Wildman–Crippen MR) is 80.7 cm³/mol. The van der Waals surface area contributed by atoms with Crippen molar-refractivity contribution in [3.8, 4) is 5.75 Å². The van der Waals surface area contributed by atoms with E-state index in [0.717, 1.165) is 0 Å². The van der Waals surface area contributed by atoms with E-state index in [1.807, 2.05) is 6.92 Å². The van der Waals surface area contributed by atoms with Gasteiger partial charge in [0.05, 0.1) is 0 Å². The van der Waals surface area contributed by atoms with Crippen LogP contribution in [0.15, 0.2) is 24.3 Å². The van der Waals surface area contributed by atoms with E-state index in [0.29, 0.717) is 17.4 Å². The van der Waals surface area contributed by atoms with Gasteiger partial charge in [-0.1, -0.05) is 19.9 Å². The molecule has 1 atom stereocenters. The molecule has 6 heteroatoms. The Hall–Kier alpha value is -2.24. The van der Waals surface area contributed by atoms with Crippen molar-refractivity contribution in [1.82, 2.24) is 4.90 Å². The van der Waals surface area contributed by atoms with E-state index < -0.39 is 12.6 Å². The number of aliphatic carboxylic acids is 1. The van der Waals surface area contributed by atoms with Crippen LogP contribution in [-0.2, 0) is 4.79 Å². The molecule has 21 heavy (non-hydrogen) atoms. The van der Waals surface area contributed by atoms with Crippen LogP contribution < -0.4 is 10.1 Å². The molecule has 0 fully saturated rings. The maximum Gasteiger partial charge on any atom is 0.341 e. The minimum absolute atomic E-state index is 0.108. The van der Waals surface area contributed by atoms with Crippen LogP contribution in [0, 0.1) is 5.92 Å². The van der Waals surface area contributed by atoms with Gasteiger partial charge in [-0.25, -0.2) is 9.59 Å². The molecule has 0 bridgehead atoms. The number of carbonyl (C=O) groups is 2. The average molecular weight is 294 g/mol. The van der Waals surface area contributed by atoms with E-state index in [1.54, 1.807) is 36.2 Å². The number of rotatable bonds is 6. The fraction of sp³-hybridized carbons (Fsp3) is 0.467. The van der Waals surface area contributed by atoms with Crippen LogP contribution in [0.2, 0.25) is 0 Å². The standard InChI is InChI=1S/C15H22N2O4/c1-10(2)11(3)17(4)15(20)16-12-6-5-7-13(8-12)21-9-14(18)19/h5-8,10-11H,9H2,1-4H3,(H,16,20)(H,18,19). The minimum Gasteiger partial charge on any atom is -0.482 e. The first kappa shape index (κ1) is 16.8. The highest BCUT2D eigenvalue weighted by atomic mass is 16.5. The van der Waals surface area contributed by atoms with E-state index in [2.05, 4.69) is 19.2 Å². The number of carboxylic acids is 1. The monoisotopic (exact) mass is 294 g/mol. The number of nitrogens with zero attached hydrogens (tertiary/aromatic N) is 1. The number of amides is 2. The van der Waals surface area contributed by atoms with Crippen molar-refractivity contribution in [2.75, 3.05) is 19.0 Å². The largest absolute Gasteiger partial charge is 0.482 e. The Balaban J connectivity index is 2.68. The van der Waals surface area contributed by atoms with Crippen LogP contribution in [0.25, 0.3) is 0 Å². The number of urea groups is 1. The molecule has 0 spiro atoms. The number of ether oxygens (including phenoxy) is 1. The third kappa shape index (κ3) is 5.33. The predicted octanol–water partition coefficient (Wildman–Crippen LogP) is 2.66. The molecule has 1 rings (SSSR count). The van der Waals surface area contributed by atoms with Crippen molar-refractivity contribution in [1.29, 1.82) is 0 Å². The first-order valence-corrected chi connectivity index (χ1v) is 6.79. The Morgan fingerprint density at radius 3 is 2.57 bits per heavy atom. The Labute approximate surface area is 124 Å². The fourth-order valence-electron chi connectivity index (χ4n) is 1.65. The summed E-state index contributed by atoms with van der Waals surface area (Å²) in [4.78, 5) is 24.2. The molecule has 0 aliphatic heterocycles. The molecule has 2 amide bonds. The summed E-state index contributed by atoms with van der Waals surface area (Å²) in [6, 6.07) is 6.54. The number of carboxylic acid groups (broad SMARTS) is 1. The molecule has 2 N–H and O–H groups in total. The average Bonchev–Trinajstić information content (AvgIpc) is 2.43. The van der Waals surface area contributed by atoms with Crippen molar-refractivity contribution in [3.63, 3.8) is 0 Å². The van der Waals surface area contributed by atoms with Crippen molar-refractivity contribution >= 4 is 17.7 Å². The third-order valence-electron chi connectivity index (χ3n) is 3.34. The van der Waals surface area contributed by atoms with Gasteiger partial charge in [0.15, 0.2) is 6.61 Å². The topological polar surface area (TPSA) is 78.9 Å². The summed E-state index contributed by atoms with van der Waals surface area (Å²) in [5, 5.41) is 11.3. The quantitative estimate of drug-likeness (QED) is 0.845. The summed E-state index contributed by atoms with van der Waals surface area (Å²) in [6.45, 7) is 5.67. The van der Waals surface area contributed by atoms with Crippen molar-refractivity contribution in [2.24, 2.45) is 5.92 Å². The summed E-state index contributed by atoms with van der Waals surface area (Å²) in [6.07, 6.45) is 0. The van der Waals surface area contributed by atoms with Crippen LogP contribution in [-0.4, -0.2) is 41.7 Å². The molecule has 1 aromatic carbocycles. The van der Waals surface area contributed by atoms with Gasteiger partial charge in [-0.15, -0.1) is 0 Å². The van der Waals surface area contributed by atoms with Gasteiger partial charge < -0.3 is 20.1 Å². The Morgan fingerprint density at radius 2 is 2.00 bits per heavy atom. The first-order valence-electron chi connectivity index (χ1n) is 6.79. The van der Waals surface area contributed by atoms with Crippen molar-refractivity contribution in [2.45, 2.75) is 26.8 Å². The number of hydrogen-bond donors (Lipinski definition) is 2. The molecular weight excluding hydrogens is 272 g/mol. The van der Waals surface area contributed by atoms with E-state index in [-0.39, 0.29) is 12.1 Å². The van der Waals surface area contributed by atoms with Gasteiger partial charge in [-0.2, -0.15) is 0 Å². The summed E-state index contributed by atoms with van der Waals surface area (Å²) in [7, 11) is 1.74. The van der Waals surface area contributed by atoms with Gasteiger partial charge in [0, 0.05) is 24.8 Å². The van der Waals surface area contributed by atoms with Gasteiger partial charge >= 0.3 is 12.0 Å². The maximum atomic E-state index is 12.1. The van der Waals surface area contributed by atoms with E-state index in [4.69, 9.17) is 9.84 Å².